The average Bonchev–Trinajstić information content (AvgIpc) is 2.67. The molecule has 1 aromatic carbocycles. The molecule has 1 fully saturated rings. The highest BCUT2D eigenvalue weighted by molar-refractivity contribution is 5.92. The minimum Gasteiger partial charge on any atom is -0.465 e. The molecule has 0 aliphatic heterocycles. The molecule has 0 N–H and O–H groups in total. The molecule has 0 heterocycles. The maximum atomic E-state index is 12.0. The quantitative estimate of drug-likeness (QED) is 0.502. The van der Waals surface area contributed by atoms with Crippen molar-refractivity contribution in [1.82, 2.24) is 0 Å². The maximum Gasteiger partial charge on any atom is 0.433 e. The highest BCUT2D eigenvalue weighted by atomic mass is 16.6. The Morgan fingerprint density at radius 3 is 2.41 bits per heavy atom. The number of anilines is 1. The minimum atomic E-state index is -0.524. The zero-order valence-corrected chi connectivity index (χ0v) is 18.5. The Hall–Kier alpha value is -2.37. The molecule has 1 aliphatic rings. The summed E-state index contributed by atoms with van der Waals surface area (Å²) in [7, 11) is 1.41. The minimum absolute atomic E-state index is 0.292. The predicted octanol–water partition coefficient (Wildman–Crippen LogP) is 5.17. The third-order valence-corrected chi connectivity index (χ3v) is 5.33. The van der Waals surface area contributed by atoms with E-state index in [0.717, 1.165) is 43.5 Å². The van der Waals surface area contributed by atoms with Crippen molar-refractivity contribution < 1.29 is 19.1 Å². The van der Waals surface area contributed by atoms with Crippen LogP contribution >= 0.6 is 0 Å². The van der Waals surface area contributed by atoms with E-state index in [1.54, 1.807) is 6.21 Å². The van der Waals surface area contributed by atoms with Crippen molar-refractivity contribution in [2.75, 3.05) is 18.6 Å². The van der Waals surface area contributed by atoms with Gasteiger partial charge in [-0.05, 0) is 83.9 Å². The molecule has 0 unspecified atom stereocenters. The smallest absolute Gasteiger partial charge is 0.433 e. The number of carbonyl (C=O) groups excluding carboxylic acids is 2. The zero-order chi connectivity index (χ0) is 21.6. The van der Waals surface area contributed by atoms with Crippen LogP contribution in [0.3, 0.4) is 0 Å². The molecule has 0 radical (unpaired) electrons. The van der Waals surface area contributed by atoms with Gasteiger partial charge in [0.25, 0.3) is 0 Å². The average molecular weight is 403 g/mol. The van der Waals surface area contributed by atoms with E-state index < -0.39 is 11.7 Å². The summed E-state index contributed by atoms with van der Waals surface area (Å²) in [6.07, 6.45) is 5.21. The van der Waals surface area contributed by atoms with Gasteiger partial charge in [0.05, 0.1) is 12.7 Å². The monoisotopic (exact) mass is 402 g/mol. The van der Waals surface area contributed by atoms with Crippen LogP contribution in [0.4, 0.5) is 10.5 Å². The number of hydrogen-bond donors (Lipinski definition) is 0. The second-order valence-corrected chi connectivity index (χ2v) is 8.55. The molecule has 0 bridgehead atoms. The van der Waals surface area contributed by atoms with Gasteiger partial charge in [0.2, 0.25) is 0 Å². The fraction of sp³-hybridized carbons (Fsp3) is 0.609. The molecule has 0 aromatic heterocycles. The Kier molecular flexibility index (Phi) is 7.82. The topological polar surface area (TPSA) is 68.2 Å². The van der Waals surface area contributed by atoms with Crippen LogP contribution in [0.1, 0.15) is 69.3 Å². The molecule has 29 heavy (non-hydrogen) atoms. The third kappa shape index (κ3) is 6.31. The van der Waals surface area contributed by atoms with Crippen LogP contribution in [0.25, 0.3) is 0 Å². The second-order valence-electron chi connectivity index (χ2n) is 8.55. The number of amides is 1. The normalized spacial score (nSPS) is 19.8. The Bertz CT molecular complexity index is 744. The van der Waals surface area contributed by atoms with Gasteiger partial charge < -0.3 is 14.4 Å². The highest BCUT2D eigenvalue weighted by Crippen LogP contribution is 2.32. The molecule has 160 valence electrons. The SMILES string of the molecule is CCN(c1cccc(C(=O)OC)c1C)C1CCC(/C=N\C(=O)OC(C)(C)C)CC1. The van der Waals surface area contributed by atoms with Crippen LogP contribution in [0.2, 0.25) is 0 Å². The molecule has 0 saturated heterocycles. The molecule has 1 saturated carbocycles. The van der Waals surface area contributed by atoms with E-state index in [0.29, 0.717) is 17.5 Å². The summed E-state index contributed by atoms with van der Waals surface area (Å²) >= 11 is 0. The van der Waals surface area contributed by atoms with Gasteiger partial charge in [-0.2, -0.15) is 4.99 Å². The van der Waals surface area contributed by atoms with Crippen LogP contribution in [-0.2, 0) is 9.47 Å². The lowest BCUT2D eigenvalue weighted by molar-refractivity contribution is 0.0591. The van der Waals surface area contributed by atoms with E-state index in [4.69, 9.17) is 9.47 Å². The Labute approximate surface area is 174 Å². The molecular formula is C23H34N2O4. The van der Waals surface area contributed by atoms with Gasteiger partial charge in [-0.1, -0.05) is 6.07 Å². The Morgan fingerprint density at radius 2 is 1.86 bits per heavy atom. The fourth-order valence-electron chi connectivity index (χ4n) is 3.91. The van der Waals surface area contributed by atoms with Crippen molar-refractivity contribution in [3.05, 3.63) is 29.3 Å². The molecule has 1 amide bonds. The number of benzene rings is 1. The van der Waals surface area contributed by atoms with Crippen molar-refractivity contribution in [3.63, 3.8) is 0 Å². The lowest BCUT2D eigenvalue weighted by atomic mass is 9.85. The van der Waals surface area contributed by atoms with Gasteiger partial charge in [-0.3, -0.25) is 0 Å². The lowest BCUT2D eigenvalue weighted by Crippen LogP contribution is -2.39. The van der Waals surface area contributed by atoms with E-state index in [1.807, 2.05) is 39.8 Å². The number of aliphatic imine (C=N–C) groups is 1. The van der Waals surface area contributed by atoms with Gasteiger partial charge in [-0.15, -0.1) is 0 Å². The number of methoxy groups -OCH3 is 1. The van der Waals surface area contributed by atoms with E-state index >= 15 is 0 Å². The standard InChI is InChI=1S/C23H34N2O4/c1-7-25(20-10-8-9-19(16(20)2)21(26)28-6)18-13-11-17(12-14-18)15-24-22(27)29-23(3,4)5/h8-10,15,17-18H,7,11-14H2,1-6H3/b24-15-. The van der Waals surface area contributed by atoms with Gasteiger partial charge in [0.15, 0.2) is 0 Å². The van der Waals surface area contributed by atoms with Crippen molar-refractivity contribution in [2.24, 2.45) is 10.9 Å². The summed E-state index contributed by atoms with van der Waals surface area (Å²) in [5.41, 5.74) is 2.13. The largest absolute Gasteiger partial charge is 0.465 e. The molecule has 0 spiro atoms. The van der Waals surface area contributed by atoms with Crippen LogP contribution in [0.5, 0.6) is 0 Å². The summed E-state index contributed by atoms with van der Waals surface area (Å²) in [5, 5.41) is 0. The van der Waals surface area contributed by atoms with Gasteiger partial charge in [0.1, 0.15) is 5.60 Å². The molecule has 1 aliphatic carbocycles. The molecular weight excluding hydrogens is 368 g/mol. The number of carbonyl (C=O) groups is 2. The Morgan fingerprint density at radius 1 is 1.21 bits per heavy atom. The molecule has 1 aromatic rings. The van der Waals surface area contributed by atoms with Gasteiger partial charge in [-0.25, -0.2) is 9.59 Å². The number of esters is 1. The molecule has 0 atom stereocenters. The maximum absolute atomic E-state index is 12.0. The van der Waals surface area contributed by atoms with Gasteiger partial charge >= 0.3 is 12.1 Å². The van der Waals surface area contributed by atoms with E-state index in [9.17, 15) is 9.59 Å². The second kappa shape index (κ2) is 9.90. The van der Waals surface area contributed by atoms with Crippen LogP contribution in [0.15, 0.2) is 23.2 Å². The summed E-state index contributed by atoms with van der Waals surface area (Å²) < 4.78 is 10.1. The lowest BCUT2D eigenvalue weighted by Gasteiger charge is -2.38. The number of nitrogens with zero attached hydrogens (tertiary/aromatic N) is 2. The van der Waals surface area contributed by atoms with Crippen molar-refractivity contribution in [3.8, 4) is 0 Å². The summed E-state index contributed by atoms with van der Waals surface area (Å²) in [6, 6.07) is 6.19. The summed E-state index contributed by atoms with van der Waals surface area (Å²) in [5.74, 6) is -0.0116. The first-order chi connectivity index (χ1) is 13.7. The highest BCUT2D eigenvalue weighted by Gasteiger charge is 2.27. The number of hydrogen-bond acceptors (Lipinski definition) is 5. The predicted molar refractivity (Wildman–Crippen MR) is 116 cm³/mol. The van der Waals surface area contributed by atoms with Crippen LogP contribution in [0, 0.1) is 12.8 Å². The first-order valence-corrected chi connectivity index (χ1v) is 10.4. The summed E-state index contributed by atoms with van der Waals surface area (Å²) in [6.45, 7) is 10.5. The first-order valence-electron chi connectivity index (χ1n) is 10.4. The van der Waals surface area contributed by atoms with E-state index in [-0.39, 0.29) is 5.97 Å². The van der Waals surface area contributed by atoms with Crippen molar-refractivity contribution in [1.29, 1.82) is 0 Å². The summed E-state index contributed by atoms with van der Waals surface area (Å²) in [4.78, 5) is 30.2. The van der Waals surface area contributed by atoms with Crippen LogP contribution in [-0.4, -0.2) is 43.6 Å². The van der Waals surface area contributed by atoms with E-state index in [2.05, 4.69) is 22.9 Å². The molecule has 6 nitrogen and oxygen atoms in total. The van der Waals surface area contributed by atoms with Crippen molar-refractivity contribution in [2.45, 2.75) is 71.9 Å². The number of rotatable bonds is 5. The number of ether oxygens (including phenoxy) is 2. The molecule has 6 heteroatoms. The zero-order valence-electron chi connectivity index (χ0n) is 18.5. The van der Waals surface area contributed by atoms with Crippen LogP contribution < -0.4 is 4.90 Å². The third-order valence-electron chi connectivity index (χ3n) is 5.33. The first kappa shape index (κ1) is 22.9. The van der Waals surface area contributed by atoms with E-state index in [1.165, 1.54) is 7.11 Å². The van der Waals surface area contributed by atoms with Crippen molar-refractivity contribution >= 4 is 24.0 Å². The molecule has 2 rings (SSSR count). The fourth-order valence-corrected chi connectivity index (χ4v) is 3.91. The Balaban J connectivity index is 2.02. The van der Waals surface area contributed by atoms with Gasteiger partial charge in [0, 0.05) is 24.5 Å².